The highest BCUT2D eigenvalue weighted by atomic mass is 79.9. The van der Waals surface area contributed by atoms with Crippen molar-refractivity contribution in [1.82, 2.24) is 15.6 Å². The minimum absolute atomic E-state index is 0. The van der Waals surface area contributed by atoms with Crippen LogP contribution in [-0.2, 0) is 6.54 Å². The number of rotatable bonds is 2. The third-order valence-electron chi connectivity index (χ3n) is 2.21. The lowest BCUT2D eigenvalue weighted by molar-refractivity contribution is 0.860. The summed E-state index contributed by atoms with van der Waals surface area (Å²) in [6, 6.07) is 8.15. The first kappa shape index (κ1) is 13.9. The number of benzene rings is 1. The van der Waals surface area contributed by atoms with Crippen LogP contribution in [0.4, 0.5) is 0 Å². The van der Waals surface area contributed by atoms with Crippen LogP contribution >= 0.6 is 28.3 Å². The fourth-order valence-electron chi connectivity index (χ4n) is 1.43. The van der Waals surface area contributed by atoms with E-state index in [-0.39, 0.29) is 17.0 Å². The van der Waals surface area contributed by atoms with Crippen molar-refractivity contribution in [3.63, 3.8) is 0 Å². The van der Waals surface area contributed by atoms with Crippen LogP contribution in [0.1, 0.15) is 5.01 Å². The topological polar surface area (TPSA) is 49.3 Å². The molecule has 0 aliphatic carbocycles. The largest absolute Gasteiger partial charge is 0.359 e. The van der Waals surface area contributed by atoms with E-state index in [2.05, 4.69) is 26.7 Å². The summed E-state index contributed by atoms with van der Waals surface area (Å²) in [5.74, 6) is 0.777. The van der Waals surface area contributed by atoms with Crippen molar-refractivity contribution < 1.29 is 0 Å². The molecule has 1 heterocycles. The highest BCUT2D eigenvalue weighted by Gasteiger charge is 2.03. The Labute approximate surface area is 115 Å². The van der Waals surface area contributed by atoms with Gasteiger partial charge in [0.2, 0.25) is 0 Å². The summed E-state index contributed by atoms with van der Waals surface area (Å²) in [6.45, 7) is 0.701. The van der Waals surface area contributed by atoms with Crippen molar-refractivity contribution in [1.29, 1.82) is 0 Å². The van der Waals surface area contributed by atoms with E-state index in [0.717, 1.165) is 16.5 Å². The molecule has 0 spiro atoms. The molecule has 0 aliphatic rings. The molecule has 0 saturated heterocycles. The molecule has 0 aliphatic heterocycles. The number of hydrogen-bond acceptors (Lipinski definition) is 3. The maximum atomic E-state index is 4.53. The summed E-state index contributed by atoms with van der Waals surface area (Å²) in [5, 5.41) is 7.22. The summed E-state index contributed by atoms with van der Waals surface area (Å²) in [7, 11) is 3.59. The van der Waals surface area contributed by atoms with Crippen molar-refractivity contribution in [2.45, 2.75) is 6.54 Å². The first-order chi connectivity index (χ1) is 7.83. The Morgan fingerprint density at radius 1 is 1.41 bits per heavy atom. The monoisotopic (exact) mass is 314 g/mol. The van der Waals surface area contributed by atoms with Gasteiger partial charge in [-0.05, 0) is 12.1 Å². The van der Waals surface area contributed by atoms with Crippen LogP contribution in [0.2, 0.25) is 0 Å². The number of fused-ring (bicyclic) bond motifs is 1. The van der Waals surface area contributed by atoms with Gasteiger partial charge in [-0.3, -0.25) is 4.99 Å². The van der Waals surface area contributed by atoms with Gasteiger partial charge in [-0.2, -0.15) is 0 Å². The fourth-order valence-corrected chi connectivity index (χ4v) is 2.34. The second kappa shape index (κ2) is 6.56. The van der Waals surface area contributed by atoms with E-state index >= 15 is 0 Å². The van der Waals surface area contributed by atoms with Gasteiger partial charge in [0, 0.05) is 14.1 Å². The fraction of sp³-hybridized carbons (Fsp3) is 0.273. The molecular formula is C11H15BrN4S. The van der Waals surface area contributed by atoms with Crippen molar-refractivity contribution in [3.8, 4) is 0 Å². The lowest BCUT2D eigenvalue weighted by Gasteiger charge is -2.05. The third-order valence-corrected chi connectivity index (χ3v) is 3.24. The van der Waals surface area contributed by atoms with Crippen LogP contribution in [0, 0.1) is 0 Å². The van der Waals surface area contributed by atoms with E-state index in [1.807, 2.05) is 25.2 Å². The minimum Gasteiger partial charge on any atom is -0.359 e. The Balaban J connectivity index is 0.00000144. The average Bonchev–Trinajstić information content (AvgIpc) is 2.73. The van der Waals surface area contributed by atoms with E-state index in [1.54, 1.807) is 18.4 Å². The lowest BCUT2D eigenvalue weighted by Crippen LogP contribution is -2.33. The molecule has 2 N–H and O–H groups in total. The molecule has 0 atom stereocenters. The number of guanidine groups is 1. The molecule has 0 unspecified atom stereocenters. The zero-order valence-corrected chi connectivity index (χ0v) is 12.3. The summed E-state index contributed by atoms with van der Waals surface area (Å²) >= 11 is 1.70. The molecule has 0 bridgehead atoms. The van der Waals surface area contributed by atoms with Gasteiger partial charge in [-0.15, -0.1) is 28.3 Å². The lowest BCUT2D eigenvalue weighted by atomic mass is 10.3. The highest BCUT2D eigenvalue weighted by molar-refractivity contribution is 8.93. The molecule has 1 aromatic heterocycles. The van der Waals surface area contributed by atoms with Crippen molar-refractivity contribution in [3.05, 3.63) is 29.3 Å². The Kier molecular flexibility index (Phi) is 5.37. The van der Waals surface area contributed by atoms with Crippen LogP contribution < -0.4 is 10.6 Å². The van der Waals surface area contributed by atoms with E-state index in [9.17, 15) is 0 Å². The number of para-hydroxylation sites is 1. The number of nitrogens with one attached hydrogen (secondary N) is 2. The minimum atomic E-state index is 0. The highest BCUT2D eigenvalue weighted by Crippen LogP contribution is 2.21. The molecule has 1 aromatic carbocycles. The van der Waals surface area contributed by atoms with E-state index in [1.165, 1.54) is 4.70 Å². The standard InChI is InChI=1S/C11H14N4S.BrH/c1-12-11(13-2)14-7-10-15-8-5-3-4-6-9(8)16-10;/h3-6H,7H2,1-2H3,(H2,12,13,14);1H. The van der Waals surface area contributed by atoms with Crippen LogP contribution in [-0.4, -0.2) is 25.0 Å². The smallest absolute Gasteiger partial charge is 0.191 e. The first-order valence-corrected chi connectivity index (χ1v) is 5.88. The SMILES string of the molecule is Br.CN=C(NC)NCc1nc2ccccc2s1. The van der Waals surface area contributed by atoms with Gasteiger partial charge >= 0.3 is 0 Å². The average molecular weight is 315 g/mol. The van der Waals surface area contributed by atoms with Gasteiger partial charge in [-0.1, -0.05) is 12.1 Å². The number of nitrogens with zero attached hydrogens (tertiary/aromatic N) is 2. The molecule has 2 rings (SSSR count). The molecule has 0 amide bonds. The zero-order valence-electron chi connectivity index (χ0n) is 9.73. The molecule has 17 heavy (non-hydrogen) atoms. The van der Waals surface area contributed by atoms with Gasteiger partial charge < -0.3 is 10.6 Å². The maximum Gasteiger partial charge on any atom is 0.191 e. The van der Waals surface area contributed by atoms with Crippen LogP contribution in [0.5, 0.6) is 0 Å². The first-order valence-electron chi connectivity index (χ1n) is 5.06. The molecule has 4 nitrogen and oxygen atoms in total. The van der Waals surface area contributed by atoms with Crippen LogP contribution in [0.15, 0.2) is 29.3 Å². The van der Waals surface area contributed by atoms with E-state index in [0.29, 0.717) is 6.54 Å². The number of thiazole rings is 1. The Morgan fingerprint density at radius 2 is 2.18 bits per heavy atom. The molecule has 0 saturated carbocycles. The van der Waals surface area contributed by atoms with Crippen molar-refractivity contribution in [2.75, 3.05) is 14.1 Å². The van der Waals surface area contributed by atoms with Gasteiger partial charge in [-0.25, -0.2) is 4.98 Å². The Morgan fingerprint density at radius 3 is 2.82 bits per heavy atom. The molecule has 0 fully saturated rings. The number of aliphatic imine (C=N–C) groups is 1. The van der Waals surface area contributed by atoms with Crippen molar-refractivity contribution in [2.24, 2.45) is 4.99 Å². The van der Waals surface area contributed by atoms with Gasteiger partial charge in [0.1, 0.15) is 5.01 Å². The second-order valence-electron chi connectivity index (χ2n) is 3.25. The summed E-state index contributed by atoms with van der Waals surface area (Å²) in [4.78, 5) is 8.57. The summed E-state index contributed by atoms with van der Waals surface area (Å²) in [6.07, 6.45) is 0. The number of halogens is 1. The summed E-state index contributed by atoms with van der Waals surface area (Å²) < 4.78 is 1.22. The van der Waals surface area contributed by atoms with Crippen molar-refractivity contribution >= 4 is 44.5 Å². The second-order valence-corrected chi connectivity index (χ2v) is 4.37. The maximum absolute atomic E-state index is 4.53. The van der Waals surface area contributed by atoms with Crippen LogP contribution in [0.3, 0.4) is 0 Å². The molecule has 0 radical (unpaired) electrons. The Hall–Kier alpha value is -1.14. The number of hydrogen-bond donors (Lipinski definition) is 2. The number of aromatic nitrogens is 1. The van der Waals surface area contributed by atoms with E-state index in [4.69, 9.17) is 0 Å². The van der Waals surface area contributed by atoms with Crippen LogP contribution in [0.25, 0.3) is 10.2 Å². The van der Waals surface area contributed by atoms with E-state index < -0.39 is 0 Å². The Bertz CT molecular complexity index is 476. The normalized spacial score (nSPS) is 11.1. The molecule has 92 valence electrons. The quantitative estimate of drug-likeness (QED) is 0.660. The molecule has 2 aromatic rings. The predicted molar refractivity (Wildman–Crippen MR) is 79.2 cm³/mol. The molecule has 6 heteroatoms. The zero-order chi connectivity index (χ0) is 11.4. The molecular weight excluding hydrogens is 300 g/mol. The third kappa shape index (κ3) is 3.41. The van der Waals surface area contributed by atoms with Gasteiger partial charge in [0.15, 0.2) is 5.96 Å². The summed E-state index contributed by atoms with van der Waals surface area (Å²) in [5.41, 5.74) is 1.06. The predicted octanol–water partition coefficient (Wildman–Crippen LogP) is 2.17. The van der Waals surface area contributed by atoms with Gasteiger partial charge in [0.05, 0.1) is 16.8 Å². The van der Waals surface area contributed by atoms with Gasteiger partial charge in [0.25, 0.3) is 0 Å².